The van der Waals surface area contributed by atoms with Crippen molar-refractivity contribution in [1.82, 2.24) is 0 Å². The van der Waals surface area contributed by atoms with E-state index in [1.165, 1.54) is 17.8 Å². The maximum absolute atomic E-state index is 11.7. The van der Waals surface area contributed by atoms with Gasteiger partial charge in [-0.25, -0.2) is 0 Å². The number of para-hydroxylation sites is 1. The van der Waals surface area contributed by atoms with E-state index in [1.807, 2.05) is 30.3 Å². The molecule has 0 aliphatic heterocycles. The summed E-state index contributed by atoms with van der Waals surface area (Å²) in [4.78, 5) is 22.9. The Morgan fingerprint density at radius 1 is 1.04 bits per heavy atom. The maximum atomic E-state index is 11.7. The first-order valence-corrected chi connectivity index (χ1v) is 8.71. The van der Waals surface area contributed by atoms with Gasteiger partial charge in [0.25, 0.3) is 5.69 Å². The van der Waals surface area contributed by atoms with E-state index in [-0.39, 0.29) is 16.6 Å². The van der Waals surface area contributed by atoms with Gasteiger partial charge in [0.1, 0.15) is 6.61 Å². The number of nitro groups is 1. The summed E-state index contributed by atoms with van der Waals surface area (Å²) in [5, 5.41) is 10.9. The van der Waals surface area contributed by atoms with Gasteiger partial charge in [-0.05, 0) is 30.2 Å². The second kappa shape index (κ2) is 9.72. The van der Waals surface area contributed by atoms with Crippen molar-refractivity contribution < 1.29 is 14.5 Å². The van der Waals surface area contributed by atoms with Crippen LogP contribution in [0.2, 0.25) is 0 Å². The summed E-state index contributed by atoms with van der Waals surface area (Å²) in [6.45, 7) is 0.296. The van der Waals surface area contributed by atoms with Gasteiger partial charge >= 0.3 is 5.97 Å². The lowest BCUT2D eigenvalue weighted by molar-refractivity contribution is -0.387. The Morgan fingerprint density at radius 2 is 1.75 bits per heavy atom. The number of nitrogens with zero attached hydrogens (tertiary/aromatic N) is 1. The number of thioether (sulfide) groups is 1. The number of carbonyl (C=O) groups is 1. The van der Waals surface area contributed by atoms with E-state index in [1.54, 1.807) is 18.2 Å². The first-order valence-electron chi connectivity index (χ1n) is 7.72. The number of benzene rings is 2. The Balaban J connectivity index is 1.63. The van der Waals surface area contributed by atoms with Crippen LogP contribution in [0, 0.1) is 10.1 Å². The Labute approximate surface area is 145 Å². The predicted molar refractivity (Wildman–Crippen MR) is 93.9 cm³/mol. The van der Waals surface area contributed by atoms with E-state index in [0.717, 1.165) is 17.7 Å². The summed E-state index contributed by atoms with van der Waals surface area (Å²) in [6, 6.07) is 16.3. The zero-order valence-electron chi connectivity index (χ0n) is 13.2. The second-order valence-electron chi connectivity index (χ2n) is 5.18. The number of hydrogen-bond donors (Lipinski definition) is 0. The zero-order valence-corrected chi connectivity index (χ0v) is 14.0. The number of rotatable bonds is 9. The van der Waals surface area contributed by atoms with Gasteiger partial charge in [-0.15, -0.1) is 11.8 Å². The molecule has 0 aromatic heterocycles. The Hall–Kier alpha value is -2.34. The fourth-order valence-electron chi connectivity index (χ4n) is 2.09. The first kappa shape index (κ1) is 18.0. The average molecular weight is 345 g/mol. The highest BCUT2D eigenvalue weighted by Gasteiger charge is 2.12. The zero-order chi connectivity index (χ0) is 17.2. The van der Waals surface area contributed by atoms with Gasteiger partial charge < -0.3 is 4.74 Å². The molecular formula is C18H19NO4S. The molecule has 0 unspecified atom stereocenters. The molecule has 0 bridgehead atoms. The van der Waals surface area contributed by atoms with E-state index in [2.05, 4.69) is 0 Å². The topological polar surface area (TPSA) is 69.4 Å². The molecule has 6 heteroatoms. The Bertz CT molecular complexity index is 676. The number of unbranched alkanes of at least 4 members (excludes halogenated alkanes) is 1. The van der Waals surface area contributed by atoms with Crippen LogP contribution in [-0.4, -0.2) is 16.6 Å². The molecular weight excluding hydrogens is 326 g/mol. The second-order valence-corrected chi connectivity index (χ2v) is 6.31. The summed E-state index contributed by atoms with van der Waals surface area (Å²) in [5.74, 6) is 0.520. The quantitative estimate of drug-likeness (QED) is 0.218. The Kier molecular flexibility index (Phi) is 7.29. The van der Waals surface area contributed by atoms with Crippen molar-refractivity contribution >= 4 is 23.4 Å². The molecule has 2 aromatic rings. The van der Waals surface area contributed by atoms with Crippen LogP contribution in [0.15, 0.2) is 59.5 Å². The molecule has 0 aliphatic carbocycles. The van der Waals surface area contributed by atoms with Crippen molar-refractivity contribution in [1.29, 1.82) is 0 Å². The van der Waals surface area contributed by atoms with Gasteiger partial charge in [0.2, 0.25) is 0 Å². The third-order valence-electron chi connectivity index (χ3n) is 3.34. The highest BCUT2D eigenvalue weighted by Crippen LogP contribution is 2.29. The minimum Gasteiger partial charge on any atom is -0.461 e. The van der Waals surface area contributed by atoms with E-state index < -0.39 is 0 Å². The normalized spacial score (nSPS) is 10.3. The minimum atomic E-state index is -0.372. The van der Waals surface area contributed by atoms with E-state index in [9.17, 15) is 14.9 Å². The largest absolute Gasteiger partial charge is 0.461 e. The summed E-state index contributed by atoms with van der Waals surface area (Å²) < 4.78 is 5.21. The SMILES string of the molecule is O=C(CCCCSc1ccccc1[N+](=O)[O-])OCc1ccccc1. The van der Waals surface area contributed by atoms with Crippen LogP contribution in [0.25, 0.3) is 0 Å². The van der Waals surface area contributed by atoms with Crippen LogP contribution in [0.5, 0.6) is 0 Å². The molecule has 2 rings (SSSR count). The smallest absolute Gasteiger partial charge is 0.306 e. The summed E-state index contributed by atoms with van der Waals surface area (Å²) in [7, 11) is 0. The van der Waals surface area contributed by atoms with Gasteiger partial charge in [-0.1, -0.05) is 42.5 Å². The first-order chi connectivity index (χ1) is 11.7. The molecule has 0 heterocycles. The third kappa shape index (κ3) is 6.04. The highest BCUT2D eigenvalue weighted by atomic mass is 32.2. The van der Waals surface area contributed by atoms with Crippen molar-refractivity contribution in [3.05, 3.63) is 70.3 Å². The molecule has 0 saturated heterocycles. The number of carbonyl (C=O) groups excluding carboxylic acids is 1. The molecule has 0 aliphatic rings. The average Bonchev–Trinajstić information content (AvgIpc) is 2.61. The van der Waals surface area contributed by atoms with Gasteiger partial charge in [-0.2, -0.15) is 0 Å². The van der Waals surface area contributed by atoms with Crippen LogP contribution < -0.4 is 0 Å². The number of hydrogen-bond acceptors (Lipinski definition) is 5. The molecule has 0 N–H and O–H groups in total. The van der Waals surface area contributed by atoms with Gasteiger partial charge in [-0.3, -0.25) is 14.9 Å². The van der Waals surface area contributed by atoms with Gasteiger partial charge in [0.05, 0.1) is 9.82 Å². The van der Waals surface area contributed by atoms with Gasteiger partial charge in [0.15, 0.2) is 0 Å². The summed E-state index contributed by atoms with van der Waals surface area (Å²) in [6.07, 6.45) is 1.88. The summed E-state index contributed by atoms with van der Waals surface area (Å²) >= 11 is 1.44. The van der Waals surface area contributed by atoms with Crippen molar-refractivity contribution in [2.24, 2.45) is 0 Å². The van der Waals surface area contributed by atoms with Crippen molar-refractivity contribution in [2.75, 3.05) is 5.75 Å². The minimum absolute atomic E-state index is 0.129. The van der Waals surface area contributed by atoms with Crippen LogP contribution in [-0.2, 0) is 16.1 Å². The van der Waals surface area contributed by atoms with E-state index in [0.29, 0.717) is 24.3 Å². The Morgan fingerprint density at radius 3 is 2.50 bits per heavy atom. The van der Waals surface area contributed by atoms with Crippen LogP contribution in [0.4, 0.5) is 5.69 Å². The van der Waals surface area contributed by atoms with Crippen LogP contribution >= 0.6 is 11.8 Å². The molecule has 0 fully saturated rings. The standard InChI is InChI=1S/C18H19NO4S/c20-18(23-14-15-8-2-1-3-9-15)12-6-7-13-24-17-11-5-4-10-16(17)19(21)22/h1-5,8-11H,6-7,12-14H2. The third-order valence-corrected chi connectivity index (χ3v) is 4.49. The fraction of sp³-hybridized carbons (Fsp3) is 0.278. The lowest BCUT2D eigenvalue weighted by Crippen LogP contribution is -2.04. The number of ether oxygens (including phenoxy) is 1. The molecule has 0 saturated carbocycles. The van der Waals surface area contributed by atoms with Gasteiger partial charge in [0, 0.05) is 12.5 Å². The van der Waals surface area contributed by atoms with Crippen molar-refractivity contribution in [3.63, 3.8) is 0 Å². The van der Waals surface area contributed by atoms with Crippen LogP contribution in [0.1, 0.15) is 24.8 Å². The molecule has 2 aromatic carbocycles. The predicted octanol–water partition coefficient (Wildman–Crippen LogP) is 4.60. The molecule has 0 amide bonds. The molecule has 0 radical (unpaired) electrons. The number of esters is 1. The highest BCUT2D eigenvalue weighted by molar-refractivity contribution is 7.99. The molecule has 0 atom stereocenters. The monoisotopic (exact) mass is 345 g/mol. The fourth-order valence-corrected chi connectivity index (χ4v) is 3.13. The maximum Gasteiger partial charge on any atom is 0.306 e. The molecule has 126 valence electrons. The lowest BCUT2D eigenvalue weighted by atomic mass is 10.2. The molecule has 5 nitrogen and oxygen atoms in total. The summed E-state index contributed by atoms with van der Waals surface area (Å²) in [5.41, 5.74) is 1.10. The lowest BCUT2D eigenvalue weighted by Gasteiger charge is -2.05. The van der Waals surface area contributed by atoms with Crippen molar-refractivity contribution in [3.8, 4) is 0 Å². The van der Waals surface area contributed by atoms with E-state index >= 15 is 0 Å². The van der Waals surface area contributed by atoms with Crippen molar-refractivity contribution in [2.45, 2.75) is 30.8 Å². The van der Waals surface area contributed by atoms with E-state index in [4.69, 9.17) is 4.74 Å². The number of nitro benzene ring substituents is 1. The molecule has 0 spiro atoms. The molecule has 24 heavy (non-hydrogen) atoms. The van der Waals surface area contributed by atoms with Crippen LogP contribution in [0.3, 0.4) is 0 Å².